The molecule has 23 heavy (non-hydrogen) atoms. The van der Waals surface area contributed by atoms with Crippen LogP contribution in [0.15, 0.2) is 36.5 Å². The van der Waals surface area contributed by atoms with E-state index in [9.17, 15) is 4.79 Å². The van der Waals surface area contributed by atoms with Gasteiger partial charge in [0.25, 0.3) is 0 Å². The van der Waals surface area contributed by atoms with Crippen molar-refractivity contribution in [3.63, 3.8) is 0 Å². The molecule has 0 fully saturated rings. The number of carbonyl (C=O) groups is 1. The summed E-state index contributed by atoms with van der Waals surface area (Å²) < 4.78 is 10.6. The molecule has 0 aliphatic rings. The second-order valence-electron chi connectivity index (χ2n) is 4.63. The quantitative estimate of drug-likeness (QED) is 0.588. The van der Waals surface area contributed by atoms with Crippen LogP contribution in [0.2, 0.25) is 5.15 Å². The predicted octanol–water partition coefficient (Wildman–Crippen LogP) is 3.52. The van der Waals surface area contributed by atoms with Crippen LogP contribution >= 0.6 is 23.2 Å². The fourth-order valence-corrected chi connectivity index (χ4v) is 2.42. The average Bonchev–Trinajstić information content (AvgIpc) is 2.58. The molecule has 0 radical (unpaired) electrons. The molecular weight excluding hydrogens is 339 g/mol. The van der Waals surface area contributed by atoms with Crippen LogP contribution in [-0.4, -0.2) is 31.0 Å². The first-order chi connectivity index (χ1) is 11.1. The Morgan fingerprint density at radius 2 is 2.00 bits per heavy atom. The second-order valence-corrected chi connectivity index (χ2v) is 5.28. The molecule has 0 aliphatic carbocycles. The van der Waals surface area contributed by atoms with Gasteiger partial charge in [-0.2, -0.15) is 0 Å². The van der Waals surface area contributed by atoms with Gasteiger partial charge in [-0.05, 0) is 24.3 Å². The number of alkyl halides is 1. The van der Waals surface area contributed by atoms with Gasteiger partial charge in [0.05, 0.1) is 20.8 Å². The average molecular weight is 355 g/mol. The molecule has 0 N–H and O–H groups in total. The first-order valence-corrected chi connectivity index (χ1v) is 7.69. The largest absolute Gasteiger partial charge is 0.497 e. The topological polar surface area (TPSA) is 51.7 Å². The van der Waals surface area contributed by atoms with Crippen molar-refractivity contribution >= 4 is 34.8 Å². The minimum atomic E-state index is -0.244. The van der Waals surface area contributed by atoms with E-state index in [1.807, 2.05) is 6.07 Å². The number of nitrogens with zero attached hydrogens (tertiary/aromatic N) is 2. The number of aromatic nitrogens is 1. The van der Waals surface area contributed by atoms with Crippen molar-refractivity contribution in [1.82, 2.24) is 4.98 Å². The summed E-state index contributed by atoms with van der Waals surface area (Å²) in [6, 6.07) is 8.72. The van der Waals surface area contributed by atoms with Crippen molar-refractivity contribution in [1.29, 1.82) is 0 Å². The zero-order valence-corrected chi connectivity index (χ0v) is 14.3. The van der Waals surface area contributed by atoms with Crippen LogP contribution in [0.1, 0.15) is 5.56 Å². The lowest BCUT2D eigenvalue weighted by Gasteiger charge is -2.23. The highest BCUT2D eigenvalue weighted by atomic mass is 35.5. The predicted molar refractivity (Wildman–Crippen MR) is 90.7 cm³/mol. The molecule has 0 bridgehead atoms. The van der Waals surface area contributed by atoms with Gasteiger partial charge in [0.15, 0.2) is 0 Å². The lowest BCUT2D eigenvalue weighted by atomic mass is 10.1. The number of anilines is 1. The number of hydrogen-bond donors (Lipinski definition) is 0. The Balaban J connectivity index is 2.37. The van der Waals surface area contributed by atoms with Crippen LogP contribution in [0.4, 0.5) is 5.69 Å². The van der Waals surface area contributed by atoms with Gasteiger partial charge in [0.2, 0.25) is 5.91 Å². The molecule has 0 spiro atoms. The normalized spacial score (nSPS) is 10.3. The lowest BCUT2D eigenvalue weighted by molar-refractivity contribution is -0.116. The van der Waals surface area contributed by atoms with Gasteiger partial charge < -0.3 is 14.4 Å². The van der Waals surface area contributed by atoms with Crippen LogP contribution in [0, 0.1) is 0 Å². The molecule has 1 heterocycles. The molecule has 1 aromatic carbocycles. The van der Waals surface area contributed by atoms with Crippen molar-refractivity contribution < 1.29 is 14.3 Å². The maximum absolute atomic E-state index is 12.2. The molecule has 0 aliphatic heterocycles. The zero-order chi connectivity index (χ0) is 16.8. The van der Waals surface area contributed by atoms with E-state index in [1.165, 1.54) is 11.1 Å². The highest BCUT2D eigenvalue weighted by molar-refractivity contribution is 6.30. The highest BCUT2D eigenvalue weighted by Gasteiger charge is 2.18. The monoisotopic (exact) mass is 354 g/mol. The fraction of sp³-hybridized carbons (Fsp3) is 0.250. The molecule has 1 amide bonds. The fourth-order valence-electron chi connectivity index (χ4n) is 2.11. The van der Waals surface area contributed by atoms with E-state index >= 15 is 0 Å². The molecular formula is C16H16Cl2N2O3. The van der Waals surface area contributed by atoms with E-state index in [2.05, 4.69) is 4.98 Å². The van der Waals surface area contributed by atoms with Crippen LogP contribution in [0.25, 0.3) is 0 Å². The van der Waals surface area contributed by atoms with E-state index < -0.39 is 0 Å². The van der Waals surface area contributed by atoms with Crippen molar-refractivity contribution in [2.45, 2.75) is 6.54 Å². The Labute approximate surface area is 144 Å². The third-order valence-electron chi connectivity index (χ3n) is 3.26. The summed E-state index contributed by atoms with van der Waals surface area (Å²) in [5.41, 5.74) is 1.44. The molecule has 2 rings (SSSR count). The molecule has 7 heteroatoms. The molecule has 1 aromatic heterocycles. The van der Waals surface area contributed by atoms with Gasteiger partial charge in [0, 0.05) is 23.5 Å². The number of halogens is 2. The number of benzene rings is 1. The standard InChI is InChI=1S/C16H16Cl2N2O3/c1-22-13-4-3-11(14(8-13)23-2)10-20(16(21)9-17)12-5-6-19-15(18)7-12/h3-8H,9-10H2,1-2H3. The smallest absolute Gasteiger partial charge is 0.242 e. The Hall–Kier alpha value is -1.98. The zero-order valence-electron chi connectivity index (χ0n) is 12.8. The van der Waals surface area contributed by atoms with Crippen molar-refractivity contribution in [2.75, 3.05) is 25.0 Å². The summed E-state index contributed by atoms with van der Waals surface area (Å²) in [4.78, 5) is 17.7. The number of rotatable bonds is 6. The van der Waals surface area contributed by atoms with Crippen molar-refractivity contribution in [3.05, 3.63) is 47.2 Å². The van der Waals surface area contributed by atoms with Crippen LogP contribution in [-0.2, 0) is 11.3 Å². The maximum atomic E-state index is 12.2. The van der Waals surface area contributed by atoms with Gasteiger partial charge >= 0.3 is 0 Å². The van der Waals surface area contributed by atoms with E-state index in [4.69, 9.17) is 32.7 Å². The molecule has 0 atom stereocenters. The molecule has 0 saturated carbocycles. The number of amides is 1. The Kier molecular flexibility index (Phi) is 6.07. The second kappa shape index (κ2) is 8.04. The van der Waals surface area contributed by atoms with Crippen molar-refractivity contribution in [2.24, 2.45) is 0 Å². The third kappa shape index (κ3) is 4.27. The number of carbonyl (C=O) groups excluding carboxylic acids is 1. The SMILES string of the molecule is COc1ccc(CN(C(=O)CCl)c2ccnc(Cl)c2)c(OC)c1. The van der Waals surface area contributed by atoms with Gasteiger partial charge in [0.1, 0.15) is 22.5 Å². The molecule has 0 saturated heterocycles. The molecule has 2 aromatic rings. The number of hydrogen-bond acceptors (Lipinski definition) is 4. The minimum Gasteiger partial charge on any atom is -0.497 e. The first kappa shape index (κ1) is 17.4. The molecule has 0 unspecified atom stereocenters. The Bertz CT molecular complexity index is 695. The molecule has 5 nitrogen and oxygen atoms in total. The van der Waals surface area contributed by atoms with Gasteiger partial charge in [-0.3, -0.25) is 4.79 Å². The van der Waals surface area contributed by atoms with Gasteiger partial charge in [-0.25, -0.2) is 4.98 Å². The number of ether oxygens (including phenoxy) is 2. The molecule has 122 valence electrons. The Morgan fingerprint density at radius 1 is 1.22 bits per heavy atom. The first-order valence-electron chi connectivity index (χ1n) is 6.77. The van der Waals surface area contributed by atoms with Crippen LogP contribution in [0.3, 0.4) is 0 Å². The van der Waals surface area contributed by atoms with E-state index in [0.717, 1.165) is 5.56 Å². The summed E-state index contributed by atoms with van der Waals surface area (Å²) in [6.07, 6.45) is 1.54. The lowest BCUT2D eigenvalue weighted by Crippen LogP contribution is -2.31. The Morgan fingerprint density at radius 3 is 2.61 bits per heavy atom. The van der Waals surface area contributed by atoms with Crippen molar-refractivity contribution in [3.8, 4) is 11.5 Å². The maximum Gasteiger partial charge on any atom is 0.242 e. The summed E-state index contributed by atoms with van der Waals surface area (Å²) >= 11 is 11.6. The van der Waals surface area contributed by atoms with E-state index in [1.54, 1.807) is 38.5 Å². The highest BCUT2D eigenvalue weighted by Crippen LogP contribution is 2.28. The third-order valence-corrected chi connectivity index (χ3v) is 3.70. The van der Waals surface area contributed by atoms with Gasteiger partial charge in [-0.1, -0.05) is 11.6 Å². The summed E-state index contributed by atoms with van der Waals surface area (Å²) in [5, 5.41) is 0.302. The number of pyridine rings is 1. The van der Waals surface area contributed by atoms with E-state index in [-0.39, 0.29) is 11.8 Å². The summed E-state index contributed by atoms with van der Waals surface area (Å²) in [7, 11) is 3.14. The van der Waals surface area contributed by atoms with Crippen LogP contribution < -0.4 is 14.4 Å². The minimum absolute atomic E-state index is 0.140. The summed E-state index contributed by atoms with van der Waals surface area (Å²) in [5.74, 6) is 0.912. The van der Waals surface area contributed by atoms with Crippen LogP contribution in [0.5, 0.6) is 11.5 Å². The van der Waals surface area contributed by atoms with E-state index in [0.29, 0.717) is 28.9 Å². The number of methoxy groups -OCH3 is 2. The summed E-state index contributed by atoms with van der Waals surface area (Å²) in [6.45, 7) is 0.291. The van der Waals surface area contributed by atoms with Gasteiger partial charge in [-0.15, -0.1) is 11.6 Å².